The molecule has 1 saturated heterocycles. The minimum atomic E-state index is -1.31. The monoisotopic (exact) mass is 383 g/mol. The minimum Gasteiger partial charge on any atom is -0.468 e. The number of carbonyl (C=O) groups is 2. The highest BCUT2D eigenvalue weighted by Gasteiger charge is 2.46. The van der Waals surface area contributed by atoms with Crippen LogP contribution in [0.15, 0.2) is 24.3 Å². The van der Waals surface area contributed by atoms with Gasteiger partial charge in [-0.05, 0) is 51.3 Å². The fraction of sp³-hybridized carbons (Fsp3) is 0.579. The van der Waals surface area contributed by atoms with Crippen LogP contribution in [0.1, 0.15) is 45.1 Å². The maximum Gasteiger partial charge on any atom is 0.410 e. The molecular formula is C19H26ClNO5. The highest BCUT2D eigenvalue weighted by atomic mass is 35.5. The number of rotatable bonds is 3. The first kappa shape index (κ1) is 20.5. The van der Waals surface area contributed by atoms with Crippen molar-refractivity contribution in [1.82, 2.24) is 4.90 Å². The van der Waals surface area contributed by atoms with Crippen molar-refractivity contribution >= 4 is 23.7 Å². The van der Waals surface area contributed by atoms with Crippen molar-refractivity contribution in [3.05, 3.63) is 34.9 Å². The largest absolute Gasteiger partial charge is 0.468 e. The maximum atomic E-state index is 12.4. The Balaban J connectivity index is 2.16. The van der Waals surface area contributed by atoms with Crippen molar-refractivity contribution in [2.45, 2.75) is 50.7 Å². The van der Waals surface area contributed by atoms with E-state index < -0.39 is 29.2 Å². The van der Waals surface area contributed by atoms with Crippen LogP contribution in [-0.2, 0) is 14.3 Å². The third-order valence-corrected chi connectivity index (χ3v) is 4.71. The fourth-order valence-corrected chi connectivity index (χ4v) is 3.26. The molecule has 1 amide bonds. The van der Waals surface area contributed by atoms with Gasteiger partial charge in [-0.2, -0.15) is 0 Å². The summed E-state index contributed by atoms with van der Waals surface area (Å²) in [6.07, 6.45) is 0.0733. The van der Waals surface area contributed by atoms with E-state index in [-0.39, 0.29) is 12.8 Å². The number of likely N-dealkylation sites (tertiary alicyclic amines) is 1. The van der Waals surface area contributed by atoms with Gasteiger partial charge in [0.05, 0.1) is 12.7 Å². The summed E-state index contributed by atoms with van der Waals surface area (Å²) in [6, 6.07) is 6.77. The summed E-state index contributed by atoms with van der Waals surface area (Å²) in [5.74, 6) is -1.36. The zero-order chi connectivity index (χ0) is 19.5. The molecule has 1 atom stereocenters. The van der Waals surface area contributed by atoms with Crippen LogP contribution in [-0.4, -0.2) is 53.5 Å². The van der Waals surface area contributed by atoms with Gasteiger partial charge in [-0.25, -0.2) is 4.79 Å². The third kappa shape index (κ3) is 4.89. The van der Waals surface area contributed by atoms with Gasteiger partial charge in [0.1, 0.15) is 11.5 Å². The molecule has 2 rings (SSSR count). The number of nitrogens with zero attached hydrogens (tertiary/aromatic N) is 1. The van der Waals surface area contributed by atoms with Gasteiger partial charge in [-0.3, -0.25) is 4.79 Å². The predicted molar refractivity (Wildman–Crippen MR) is 98.2 cm³/mol. The Bertz CT molecular complexity index is 645. The second-order valence-electron chi connectivity index (χ2n) is 7.58. The van der Waals surface area contributed by atoms with Crippen LogP contribution in [0.2, 0.25) is 5.02 Å². The lowest BCUT2D eigenvalue weighted by Gasteiger charge is -2.42. The number of hydrogen-bond donors (Lipinski definition) is 1. The Hall–Kier alpha value is -1.79. The molecule has 26 heavy (non-hydrogen) atoms. The van der Waals surface area contributed by atoms with Crippen molar-refractivity contribution in [1.29, 1.82) is 0 Å². The number of halogens is 1. The van der Waals surface area contributed by atoms with Gasteiger partial charge >= 0.3 is 12.1 Å². The lowest BCUT2D eigenvalue weighted by Crippen LogP contribution is -2.52. The standard InChI is InChI=1S/C19H26ClNO5/c1-18(2,3)26-17(23)21-11-9-19(24,10-12-21)15(16(22)25-4)13-5-7-14(20)8-6-13/h5-8,15,24H,9-12H2,1-4H3. The molecule has 0 radical (unpaired) electrons. The second-order valence-corrected chi connectivity index (χ2v) is 8.02. The number of piperidine rings is 1. The Morgan fingerprint density at radius 3 is 2.19 bits per heavy atom. The quantitative estimate of drug-likeness (QED) is 0.810. The summed E-state index contributed by atoms with van der Waals surface area (Å²) in [5, 5.41) is 11.7. The van der Waals surface area contributed by atoms with Crippen LogP contribution < -0.4 is 0 Å². The summed E-state index contributed by atoms with van der Waals surface area (Å²) in [5.41, 5.74) is -1.25. The van der Waals surface area contributed by atoms with Crippen LogP contribution in [0.5, 0.6) is 0 Å². The molecule has 1 aromatic rings. The van der Waals surface area contributed by atoms with Gasteiger partial charge in [0, 0.05) is 18.1 Å². The van der Waals surface area contributed by atoms with E-state index in [2.05, 4.69) is 0 Å². The number of benzene rings is 1. The zero-order valence-corrected chi connectivity index (χ0v) is 16.4. The molecule has 1 unspecified atom stereocenters. The molecule has 1 N–H and O–H groups in total. The van der Waals surface area contributed by atoms with E-state index in [1.165, 1.54) is 7.11 Å². The molecule has 0 aliphatic carbocycles. The van der Waals surface area contributed by atoms with Gasteiger partial charge in [0.15, 0.2) is 0 Å². The van der Waals surface area contributed by atoms with E-state index in [0.717, 1.165) is 0 Å². The molecule has 6 nitrogen and oxygen atoms in total. The predicted octanol–water partition coefficient (Wildman–Crippen LogP) is 3.36. The molecular weight excluding hydrogens is 358 g/mol. The Kier molecular flexibility index (Phi) is 6.19. The normalized spacial score (nSPS) is 18.2. The molecule has 0 bridgehead atoms. The van der Waals surface area contributed by atoms with Gasteiger partial charge in [-0.15, -0.1) is 0 Å². The minimum absolute atomic E-state index is 0.245. The van der Waals surface area contributed by atoms with E-state index in [4.69, 9.17) is 21.1 Å². The van der Waals surface area contributed by atoms with Crippen LogP contribution in [0.4, 0.5) is 4.79 Å². The van der Waals surface area contributed by atoms with Crippen LogP contribution >= 0.6 is 11.6 Å². The number of aliphatic hydroxyl groups is 1. The molecule has 7 heteroatoms. The van der Waals surface area contributed by atoms with Crippen molar-refractivity contribution in [2.24, 2.45) is 0 Å². The molecule has 0 aromatic heterocycles. The van der Waals surface area contributed by atoms with E-state index in [9.17, 15) is 14.7 Å². The lowest BCUT2D eigenvalue weighted by atomic mass is 9.76. The fourth-order valence-electron chi connectivity index (χ4n) is 3.13. The summed E-state index contributed by atoms with van der Waals surface area (Å²) in [7, 11) is 1.30. The van der Waals surface area contributed by atoms with Crippen molar-refractivity contribution in [3.8, 4) is 0 Å². The van der Waals surface area contributed by atoms with Crippen molar-refractivity contribution in [3.63, 3.8) is 0 Å². The van der Waals surface area contributed by atoms with Gasteiger partial charge in [-0.1, -0.05) is 23.7 Å². The van der Waals surface area contributed by atoms with Crippen LogP contribution in [0.3, 0.4) is 0 Å². The first-order valence-corrected chi connectivity index (χ1v) is 8.97. The van der Waals surface area contributed by atoms with Gasteiger partial charge < -0.3 is 19.5 Å². The summed E-state index contributed by atoms with van der Waals surface area (Å²) in [4.78, 5) is 26.1. The smallest absolute Gasteiger partial charge is 0.410 e. The Morgan fingerprint density at radius 1 is 1.19 bits per heavy atom. The lowest BCUT2D eigenvalue weighted by molar-refractivity contribution is -0.152. The summed E-state index contributed by atoms with van der Waals surface area (Å²) < 4.78 is 10.3. The Labute approximate surface area is 159 Å². The molecule has 0 spiro atoms. The summed E-state index contributed by atoms with van der Waals surface area (Å²) >= 11 is 5.92. The number of ether oxygens (including phenoxy) is 2. The second kappa shape index (κ2) is 7.84. The maximum absolute atomic E-state index is 12.4. The van der Waals surface area contributed by atoms with Crippen molar-refractivity contribution in [2.75, 3.05) is 20.2 Å². The zero-order valence-electron chi connectivity index (χ0n) is 15.6. The highest BCUT2D eigenvalue weighted by Crippen LogP contribution is 2.38. The van der Waals surface area contributed by atoms with E-state index >= 15 is 0 Å². The molecule has 1 aromatic carbocycles. The van der Waals surface area contributed by atoms with Crippen molar-refractivity contribution < 1.29 is 24.2 Å². The Morgan fingerprint density at radius 2 is 1.73 bits per heavy atom. The first-order chi connectivity index (χ1) is 12.1. The van der Waals surface area contributed by atoms with Crippen LogP contribution in [0.25, 0.3) is 0 Å². The molecule has 144 valence electrons. The number of esters is 1. The molecule has 1 aliphatic rings. The van der Waals surface area contributed by atoms with E-state index in [1.54, 1.807) is 49.9 Å². The molecule has 1 fully saturated rings. The molecule has 1 heterocycles. The average Bonchev–Trinajstić information content (AvgIpc) is 2.55. The van der Waals surface area contributed by atoms with Gasteiger partial charge in [0.2, 0.25) is 0 Å². The van der Waals surface area contributed by atoms with E-state index in [1.807, 2.05) is 0 Å². The molecule has 0 saturated carbocycles. The SMILES string of the molecule is COC(=O)C(c1ccc(Cl)cc1)C1(O)CCN(C(=O)OC(C)(C)C)CC1. The van der Waals surface area contributed by atoms with Gasteiger partial charge in [0.25, 0.3) is 0 Å². The number of methoxy groups -OCH3 is 1. The topological polar surface area (TPSA) is 76.1 Å². The highest BCUT2D eigenvalue weighted by molar-refractivity contribution is 6.30. The molecule has 1 aliphatic heterocycles. The van der Waals surface area contributed by atoms with Crippen LogP contribution in [0, 0.1) is 0 Å². The first-order valence-electron chi connectivity index (χ1n) is 8.59. The number of carbonyl (C=O) groups excluding carboxylic acids is 2. The number of amides is 1. The summed E-state index contributed by atoms with van der Waals surface area (Å²) in [6.45, 7) is 6.01. The average molecular weight is 384 g/mol. The third-order valence-electron chi connectivity index (χ3n) is 4.46. The van der Waals surface area contributed by atoms with E-state index in [0.29, 0.717) is 23.7 Å². The number of hydrogen-bond acceptors (Lipinski definition) is 5.